The van der Waals surface area contributed by atoms with Gasteiger partial charge in [0, 0.05) is 9.13 Å². The molecular weight excluding hydrogens is 389 g/mol. The number of esters is 1. The summed E-state index contributed by atoms with van der Waals surface area (Å²) in [4.78, 5) is 16.4. The molecule has 3 rings (SSSR count). The summed E-state index contributed by atoms with van der Waals surface area (Å²) in [5.41, 5.74) is 4.37. The Balaban J connectivity index is 1.97. The van der Waals surface area contributed by atoms with Crippen molar-refractivity contribution in [3.63, 3.8) is 0 Å². The minimum absolute atomic E-state index is 0.335. The van der Waals surface area contributed by atoms with Gasteiger partial charge in [0.25, 0.3) is 0 Å². The minimum Gasteiger partial charge on any atom is -0.402 e. The number of hydrogen-bond donors (Lipinski definition) is 0. The van der Waals surface area contributed by atoms with Crippen LogP contribution >= 0.6 is 22.6 Å². The molecule has 0 N–H and O–H groups in total. The summed E-state index contributed by atoms with van der Waals surface area (Å²) in [6, 6.07) is 13.8. The summed E-state index contributed by atoms with van der Waals surface area (Å²) >= 11 is 2.23. The number of carbonyl (C=O) groups excluding carboxylic acids is 1. The molecule has 0 saturated carbocycles. The van der Waals surface area contributed by atoms with Gasteiger partial charge in [0.2, 0.25) is 5.90 Å². The van der Waals surface area contributed by atoms with Crippen molar-refractivity contribution in [2.75, 3.05) is 0 Å². The molecule has 0 aliphatic carbocycles. The van der Waals surface area contributed by atoms with Crippen LogP contribution in [-0.2, 0) is 9.53 Å². The van der Waals surface area contributed by atoms with Crippen molar-refractivity contribution in [3.05, 3.63) is 74.0 Å². The SMILES string of the molecule is Cc1ccc(C)c(C=C2N=C(c3ccc(I)cc3)OC2=O)c1. The van der Waals surface area contributed by atoms with Gasteiger partial charge in [-0.25, -0.2) is 9.79 Å². The van der Waals surface area contributed by atoms with Crippen molar-refractivity contribution in [3.8, 4) is 0 Å². The van der Waals surface area contributed by atoms with Crippen molar-refractivity contribution >= 4 is 40.5 Å². The zero-order chi connectivity index (χ0) is 15.7. The number of halogens is 1. The Morgan fingerprint density at radius 1 is 1.09 bits per heavy atom. The molecule has 1 heterocycles. The third-order valence-corrected chi connectivity index (χ3v) is 4.16. The van der Waals surface area contributed by atoms with Crippen molar-refractivity contribution in [2.24, 2.45) is 4.99 Å². The first-order valence-corrected chi connectivity index (χ1v) is 7.96. The van der Waals surface area contributed by atoms with Gasteiger partial charge in [0.15, 0.2) is 5.70 Å². The van der Waals surface area contributed by atoms with E-state index in [2.05, 4.69) is 27.6 Å². The molecule has 0 spiro atoms. The Hall–Kier alpha value is -1.95. The van der Waals surface area contributed by atoms with E-state index in [0.717, 1.165) is 25.8 Å². The van der Waals surface area contributed by atoms with Gasteiger partial charge in [0.05, 0.1) is 0 Å². The van der Waals surface area contributed by atoms with Crippen LogP contribution in [0.5, 0.6) is 0 Å². The average Bonchev–Trinajstić information content (AvgIpc) is 2.85. The Morgan fingerprint density at radius 3 is 2.55 bits per heavy atom. The normalized spacial score (nSPS) is 15.9. The van der Waals surface area contributed by atoms with Gasteiger partial charge >= 0.3 is 5.97 Å². The molecule has 0 unspecified atom stereocenters. The molecule has 0 fully saturated rings. The molecule has 0 aromatic heterocycles. The van der Waals surface area contributed by atoms with Crippen molar-refractivity contribution in [2.45, 2.75) is 13.8 Å². The van der Waals surface area contributed by atoms with Gasteiger partial charge in [-0.2, -0.15) is 0 Å². The molecule has 0 saturated heterocycles. The van der Waals surface area contributed by atoms with Crippen molar-refractivity contribution < 1.29 is 9.53 Å². The van der Waals surface area contributed by atoms with Crippen LogP contribution in [-0.4, -0.2) is 11.9 Å². The Bertz CT molecular complexity index is 804. The molecule has 22 heavy (non-hydrogen) atoms. The molecule has 2 aromatic carbocycles. The zero-order valence-electron chi connectivity index (χ0n) is 12.3. The maximum Gasteiger partial charge on any atom is 0.363 e. The van der Waals surface area contributed by atoms with Crippen LogP contribution in [0, 0.1) is 17.4 Å². The Labute approximate surface area is 142 Å². The van der Waals surface area contributed by atoms with E-state index in [1.54, 1.807) is 6.08 Å². The smallest absolute Gasteiger partial charge is 0.363 e. The highest BCUT2D eigenvalue weighted by atomic mass is 127. The van der Waals surface area contributed by atoms with Gasteiger partial charge in [-0.15, -0.1) is 0 Å². The van der Waals surface area contributed by atoms with Crippen LogP contribution in [0.25, 0.3) is 6.08 Å². The summed E-state index contributed by atoms with van der Waals surface area (Å²) in [7, 11) is 0. The molecule has 1 aliphatic rings. The lowest BCUT2D eigenvalue weighted by Crippen LogP contribution is -2.05. The van der Waals surface area contributed by atoms with Crippen LogP contribution in [0.2, 0.25) is 0 Å². The first kappa shape index (κ1) is 15.0. The molecule has 2 aromatic rings. The fourth-order valence-electron chi connectivity index (χ4n) is 2.19. The van der Waals surface area contributed by atoms with E-state index in [-0.39, 0.29) is 0 Å². The molecule has 0 bridgehead atoms. The first-order chi connectivity index (χ1) is 10.5. The number of aryl methyl sites for hydroxylation is 2. The highest BCUT2D eigenvalue weighted by Gasteiger charge is 2.24. The Kier molecular flexibility index (Phi) is 4.11. The maximum absolute atomic E-state index is 12.0. The second-order valence-electron chi connectivity index (χ2n) is 5.20. The lowest BCUT2D eigenvalue weighted by molar-refractivity contribution is -0.129. The summed E-state index contributed by atoms with van der Waals surface area (Å²) in [6.45, 7) is 4.03. The van der Waals surface area contributed by atoms with Gasteiger partial charge < -0.3 is 4.74 Å². The molecule has 0 radical (unpaired) electrons. The number of ether oxygens (including phenoxy) is 1. The molecule has 0 amide bonds. The highest BCUT2D eigenvalue weighted by Crippen LogP contribution is 2.21. The number of aliphatic imine (C=N–C) groups is 1. The van der Waals surface area contributed by atoms with Crippen molar-refractivity contribution in [1.82, 2.24) is 0 Å². The first-order valence-electron chi connectivity index (χ1n) is 6.89. The maximum atomic E-state index is 12.0. The van der Waals surface area contributed by atoms with Crippen molar-refractivity contribution in [1.29, 1.82) is 0 Å². The topological polar surface area (TPSA) is 38.7 Å². The predicted molar refractivity (Wildman–Crippen MR) is 95.7 cm³/mol. The summed E-state index contributed by atoms with van der Waals surface area (Å²) in [5.74, 6) is -0.0487. The largest absolute Gasteiger partial charge is 0.402 e. The van der Waals surface area contributed by atoms with Crippen LogP contribution < -0.4 is 0 Å². The third-order valence-electron chi connectivity index (χ3n) is 3.44. The lowest BCUT2D eigenvalue weighted by Gasteiger charge is -2.01. The van der Waals surface area contributed by atoms with Crippen LogP contribution in [0.4, 0.5) is 0 Å². The second-order valence-corrected chi connectivity index (χ2v) is 6.45. The van der Waals surface area contributed by atoms with E-state index in [4.69, 9.17) is 4.74 Å². The van der Waals surface area contributed by atoms with Crippen LogP contribution in [0.3, 0.4) is 0 Å². The molecule has 1 aliphatic heterocycles. The molecule has 4 heteroatoms. The predicted octanol–water partition coefficient (Wildman–Crippen LogP) is 4.25. The van der Waals surface area contributed by atoms with Crippen LogP contribution in [0.15, 0.2) is 53.2 Å². The molecular formula is C18H14INO2. The fraction of sp³-hybridized carbons (Fsp3) is 0.111. The van der Waals surface area contributed by atoms with E-state index in [9.17, 15) is 4.79 Å². The average molecular weight is 403 g/mol. The number of cyclic esters (lactones) is 1. The van der Waals surface area contributed by atoms with E-state index in [1.807, 2.05) is 56.3 Å². The summed E-state index contributed by atoms with van der Waals surface area (Å²) < 4.78 is 6.41. The molecule has 110 valence electrons. The second kappa shape index (κ2) is 6.04. The van der Waals surface area contributed by atoms with Gasteiger partial charge in [0.1, 0.15) is 0 Å². The highest BCUT2D eigenvalue weighted by molar-refractivity contribution is 14.1. The standard InChI is InChI=1S/C18H14INO2/c1-11-3-4-12(2)14(9-11)10-16-18(21)22-17(20-16)13-5-7-15(19)8-6-13/h3-10H,1-2H3. The van der Waals surface area contributed by atoms with Gasteiger partial charge in [-0.05, 0) is 77.9 Å². The van der Waals surface area contributed by atoms with E-state index < -0.39 is 5.97 Å². The minimum atomic E-state index is -0.408. The van der Waals surface area contributed by atoms with E-state index in [0.29, 0.717) is 11.6 Å². The quantitative estimate of drug-likeness (QED) is 0.427. The number of hydrogen-bond acceptors (Lipinski definition) is 3. The molecule has 3 nitrogen and oxygen atoms in total. The monoisotopic (exact) mass is 403 g/mol. The Morgan fingerprint density at radius 2 is 1.82 bits per heavy atom. The number of rotatable bonds is 2. The number of nitrogens with zero attached hydrogens (tertiary/aromatic N) is 1. The lowest BCUT2D eigenvalue weighted by atomic mass is 10.0. The fourth-order valence-corrected chi connectivity index (χ4v) is 2.55. The van der Waals surface area contributed by atoms with E-state index in [1.165, 1.54) is 0 Å². The van der Waals surface area contributed by atoms with E-state index >= 15 is 0 Å². The summed E-state index contributed by atoms with van der Waals surface area (Å²) in [6.07, 6.45) is 1.78. The van der Waals surface area contributed by atoms with Gasteiger partial charge in [-0.1, -0.05) is 23.8 Å². The number of carbonyl (C=O) groups is 1. The molecule has 0 atom stereocenters. The van der Waals surface area contributed by atoms with Gasteiger partial charge in [-0.3, -0.25) is 0 Å². The van der Waals surface area contributed by atoms with Crippen LogP contribution in [0.1, 0.15) is 22.3 Å². The summed E-state index contributed by atoms with van der Waals surface area (Å²) in [5, 5.41) is 0. The number of benzene rings is 2. The zero-order valence-corrected chi connectivity index (χ0v) is 14.4. The third kappa shape index (κ3) is 3.11.